The Hall–Kier alpha value is -3.28. The van der Waals surface area contributed by atoms with Crippen LogP contribution in [0.5, 0.6) is 5.75 Å². The second-order valence-electron chi connectivity index (χ2n) is 6.04. The van der Waals surface area contributed by atoms with Crippen molar-refractivity contribution in [1.82, 2.24) is 16.0 Å². The van der Waals surface area contributed by atoms with E-state index in [1.54, 1.807) is 25.3 Å². The van der Waals surface area contributed by atoms with Gasteiger partial charge in [-0.25, -0.2) is 0 Å². The Bertz CT molecular complexity index is 775. The molecule has 0 spiro atoms. The van der Waals surface area contributed by atoms with E-state index in [0.29, 0.717) is 37.8 Å². The zero-order valence-corrected chi connectivity index (χ0v) is 16.3. The van der Waals surface area contributed by atoms with Crippen molar-refractivity contribution in [3.63, 3.8) is 0 Å². The first-order valence-corrected chi connectivity index (χ1v) is 9.34. The first-order chi connectivity index (χ1) is 13.7. The number of ether oxygens (including phenoxy) is 1. The van der Waals surface area contributed by atoms with Gasteiger partial charge in [0.2, 0.25) is 0 Å². The summed E-state index contributed by atoms with van der Waals surface area (Å²) in [5, 5.41) is 9.43. The van der Waals surface area contributed by atoms with Crippen molar-refractivity contribution in [1.29, 1.82) is 0 Å². The van der Waals surface area contributed by atoms with Crippen LogP contribution >= 0.6 is 0 Å². The predicted molar refractivity (Wildman–Crippen MR) is 114 cm³/mol. The molecule has 0 saturated heterocycles. The summed E-state index contributed by atoms with van der Waals surface area (Å²) in [5.41, 5.74) is 1.72. The third-order valence-corrected chi connectivity index (χ3v) is 3.97. The van der Waals surface area contributed by atoms with Gasteiger partial charge >= 0.3 is 0 Å². The summed E-state index contributed by atoms with van der Waals surface area (Å²) in [4.78, 5) is 16.2. The van der Waals surface area contributed by atoms with Crippen LogP contribution in [0.4, 0.5) is 0 Å². The van der Waals surface area contributed by atoms with E-state index in [-0.39, 0.29) is 5.91 Å². The van der Waals surface area contributed by atoms with Crippen LogP contribution in [0.2, 0.25) is 0 Å². The van der Waals surface area contributed by atoms with E-state index in [0.717, 1.165) is 17.7 Å². The van der Waals surface area contributed by atoms with E-state index in [2.05, 4.69) is 27.5 Å². The monoisotopic (exact) mass is 380 g/mol. The molecule has 0 aliphatic carbocycles. The maximum Gasteiger partial charge on any atom is 0.251 e. The normalized spacial score (nSPS) is 10.8. The van der Waals surface area contributed by atoms with Crippen LogP contribution in [0.25, 0.3) is 0 Å². The first-order valence-electron chi connectivity index (χ1n) is 9.34. The molecule has 2 aromatic carbocycles. The van der Waals surface area contributed by atoms with Gasteiger partial charge in [0.15, 0.2) is 5.96 Å². The molecule has 0 atom stereocenters. The fourth-order valence-corrected chi connectivity index (χ4v) is 2.53. The van der Waals surface area contributed by atoms with E-state index >= 15 is 0 Å². The van der Waals surface area contributed by atoms with Gasteiger partial charge in [0.05, 0.1) is 0 Å². The number of guanidine groups is 1. The number of nitrogens with zero attached hydrogens (tertiary/aromatic N) is 1. The average molecular weight is 380 g/mol. The van der Waals surface area contributed by atoms with Crippen LogP contribution < -0.4 is 20.7 Å². The molecule has 1 amide bonds. The van der Waals surface area contributed by atoms with Gasteiger partial charge in [0.1, 0.15) is 12.4 Å². The van der Waals surface area contributed by atoms with Crippen molar-refractivity contribution in [3.05, 3.63) is 78.4 Å². The second-order valence-corrected chi connectivity index (χ2v) is 6.04. The highest BCUT2D eigenvalue weighted by Gasteiger charge is 2.05. The van der Waals surface area contributed by atoms with Gasteiger partial charge in [-0.1, -0.05) is 49.1 Å². The maximum absolute atomic E-state index is 12.0. The molecule has 0 fully saturated rings. The smallest absolute Gasteiger partial charge is 0.251 e. The Morgan fingerprint density at radius 3 is 2.50 bits per heavy atom. The molecule has 2 rings (SSSR count). The molecule has 0 aromatic heterocycles. The molecule has 6 heteroatoms. The minimum absolute atomic E-state index is 0.0563. The lowest BCUT2D eigenvalue weighted by molar-refractivity contribution is 0.0953. The number of hydrogen-bond donors (Lipinski definition) is 3. The molecule has 0 bridgehead atoms. The molecule has 2 aromatic rings. The van der Waals surface area contributed by atoms with E-state index in [1.165, 1.54) is 0 Å². The highest BCUT2D eigenvalue weighted by Crippen LogP contribution is 2.17. The lowest BCUT2D eigenvalue weighted by Crippen LogP contribution is -2.38. The number of rotatable bonds is 10. The minimum Gasteiger partial charge on any atom is -0.489 e. The second kappa shape index (κ2) is 12.2. The Balaban J connectivity index is 1.69. The van der Waals surface area contributed by atoms with Gasteiger partial charge < -0.3 is 20.7 Å². The first kappa shape index (κ1) is 21.0. The van der Waals surface area contributed by atoms with Crippen molar-refractivity contribution in [2.24, 2.45) is 4.99 Å². The molecule has 0 unspecified atom stereocenters. The molecule has 0 saturated carbocycles. The summed E-state index contributed by atoms with van der Waals surface area (Å²) in [5.74, 6) is 1.47. The van der Waals surface area contributed by atoms with Crippen molar-refractivity contribution >= 4 is 11.9 Å². The maximum atomic E-state index is 12.0. The molecule has 148 valence electrons. The SMILES string of the molecule is C=CCOc1ccccc1CNC(=NC)NCCCNC(=O)c1ccccc1. The fourth-order valence-electron chi connectivity index (χ4n) is 2.53. The van der Waals surface area contributed by atoms with E-state index in [1.807, 2.05) is 42.5 Å². The van der Waals surface area contributed by atoms with Crippen LogP contribution in [0.15, 0.2) is 72.2 Å². The Morgan fingerprint density at radius 1 is 1.04 bits per heavy atom. The third kappa shape index (κ3) is 7.15. The topological polar surface area (TPSA) is 74.8 Å². The molecular formula is C22H28N4O2. The number of benzene rings is 2. The number of nitrogens with one attached hydrogen (secondary N) is 3. The number of amides is 1. The number of carbonyl (C=O) groups is 1. The predicted octanol–water partition coefficient (Wildman–Crippen LogP) is 2.74. The number of carbonyl (C=O) groups excluding carboxylic acids is 1. The van der Waals surface area contributed by atoms with Gasteiger partial charge in [-0.15, -0.1) is 0 Å². The van der Waals surface area contributed by atoms with Gasteiger partial charge in [-0.2, -0.15) is 0 Å². The lowest BCUT2D eigenvalue weighted by Gasteiger charge is -2.14. The lowest BCUT2D eigenvalue weighted by atomic mass is 10.2. The van der Waals surface area contributed by atoms with Crippen molar-refractivity contribution in [2.75, 3.05) is 26.7 Å². The van der Waals surface area contributed by atoms with Gasteiger partial charge in [0, 0.05) is 37.8 Å². The largest absolute Gasteiger partial charge is 0.489 e. The molecule has 28 heavy (non-hydrogen) atoms. The highest BCUT2D eigenvalue weighted by atomic mass is 16.5. The summed E-state index contributed by atoms with van der Waals surface area (Å²) < 4.78 is 5.67. The summed E-state index contributed by atoms with van der Waals surface area (Å²) in [6.07, 6.45) is 2.51. The molecule has 0 aliphatic rings. The van der Waals surface area contributed by atoms with Crippen LogP contribution in [0, 0.1) is 0 Å². The quantitative estimate of drug-likeness (QED) is 0.256. The van der Waals surface area contributed by atoms with Crippen molar-refractivity contribution in [3.8, 4) is 5.75 Å². The molecule has 0 heterocycles. The fraction of sp³-hybridized carbons (Fsp3) is 0.273. The van der Waals surface area contributed by atoms with E-state index in [9.17, 15) is 4.79 Å². The van der Waals surface area contributed by atoms with Gasteiger partial charge in [0.25, 0.3) is 5.91 Å². The zero-order valence-electron chi connectivity index (χ0n) is 16.3. The van der Waals surface area contributed by atoms with Gasteiger partial charge in [-0.05, 0) is 24.6 Å². The van der Waals surface area contributed by atoms with E-state index in [4.69, 9.17) is 4.74 Å². The number of hydrogen-bond acceptors (Lipinski definition) is 3. The van der Waals surface area contributed by atoms with Crippen molar-refractivity contribution < 1.29 is 9.53 Å². The third-order valence-electron chi connectivity index (χ3n) is 3.97. The molecular weight excluding hydrogens is 352 g/mol. The van der Waals surface area contributed by atoms with Crippen LogP contribution in [-0.4, -0.2) is 38.6 Å². The molecule has 0 aliphatic heterocycles. The molecule has 3 N–H and O–H groups in total. The standard InChI is InChI=1S/C22H28N4O2/c1-3-16-28-20-13-8-7-12-19(20)17-26-22(23-2)25-15-9-14-24-21(27)18-10-5-4-6-11-18/h3-8,10-13H,1,9,14-17H2,2H3,(H,24,27)(H2,23,25,26). The van der Waals surface area contributed by atoms with Crippen LogP contribution in [0.3, 0.4) is 0 Å². The summed E-state index contributed by atoms with van der Waals surface area (Å²) in [7, 11) is 1.73. The Labute approximate surface area is 166 Å². The van der Waals surface area contributed by atoms with Crippen molar-refractivity contribution in [2.45, 2.75) is 13.0 Å². The highest BCUT2D eigenvalue weighted by molar-refractivity contribution is 5.94. The average Bonchev–Trinajstić information content (AvgIpc) is 2.75. The summed E-state index contributed by atoms with van der Waals surface area (Å²) in [6.45, 7) is 6.03. The van der Waals surface area contributed by atoms with Crippen LogP contribution in [0.1, 0.15) is 22.3 Å². The van der Waals surface area contributed by atoms with Gasteiger partial charge in [-0.3, -0.25) is 9.79 Å². The van der Waals surface area contributed by atoms with Crippen LogP contribution in [-0.2, 0) is 6.54 Å². The molecule has 6 nitrogen and oxygen atoms in total. The zero-order chi connectivity index (χ0) is 20.0. The Kier molecular flexibility index (Phi) is 9.14. The minimum atomic E-state index is -0.0563. The number of aliphatic imine (C=N–C) groups is 1. The summed E-state index contributed by atoms with van der Waals surface area (Å²) >= 11 is 0. The number of para-hydroxylation sites is 1. The molecule has 0 radical (unpaired) electrons. The summed E-state index contributed by atoms with van der Waals surface area (Å²) in [6, 6.07) is 17.1. The Morgan fingerprint density at radius 2 is 1.75 bits per heavy atom. The van der Waals surface area contributed by atoms with E-state index < -0.39 is 0 Å².